The number of benzene rings is 1. The molecule has 0 saturated carbocycles. The number of alkyl halides is 3. The Morgan fingerprint density at radius 1 is 1.29 bits per heavy atom. The third-order valence-corrected chi connectivity index (χ3v) is 2.55. The molecule has 0 spiro atoms. The number of amides is 1. The maximum atomic E-state index is 12.6. The average molecular weight is 245 g/mol. The number of halogens is 3. The Kier molecular flexibility index (Phi) is 2.95. The summed E-state index contributed by atoms with van der Waals surface area (Å²) in [6.07, 6.45) is -5.38. The van der Waals surface area contributed by atoms with Gasteiger partial charge in [-0.15, -0.1) is 0 Å². The Hall–Kier alpha value is -1.72. The molecule has 0 N–H and O–H groups in total. The number of carbonyl (C=O) groups is 1. The molecule has 1 heterocycles. The highest BCUT2D eigenvalue weighted by atomic mass is 19.4. The molecule has 1 atom stereocenters. The second kappa shape index (κ2) is 4.27. The lowest BCUT2D eigenvalue weighted by Crippen LogP contribution is -2.43. The molecule has 0 bridgehead atoms. The third kappa shape index (κ3) is 2.51. The van der Waals surface area contributed by atoms with Crippen molar-refractivity contribution in [3.8, 4) is 0 Å². The minimum Gasteiger partial charge on any atom is -0.447 e. The molecule has 0 aromatic heterocycles. The lowest BCUT2D eigenvalue weighted by Gasteiger charge is -2.23. The van der Waals surface area contributed by atoms with Crippen molar-refractivity contribution in [3.05, 3.63) is 35.9 Å². The number of hydrogen-bond acceptors (Lipinski definition) is 2. The molecule has 6 heteroatoms. The third-order valence-electron chi connectivity index (χ3n) is 2.55. The summed E-state index contributed by atoms with van der Waals surface area (Å²) in [5, 5.41) is 0. The van der Waals surface area contributed by atoms with Gasteiger partial charge in [0.25, 0.3) is 0 Å². The summed E-state index contributed by atoms with van der Waals surface area (Å²) in [7, 11) is 0. The van der Waals surface area contributed by atoms with Crippen LogP contribution in [0.1, 0.15) is 5.56 Å². The number of hydrogen-bond donors (Lipinski definition) is 0. The van der Waals surface area contributed by atoms with Crippen LogP contribution in [0.5, 0.6) is 0 Å². The van der Waals surface area contributed by atoms with Crippen LogP contribution in [0.25, 0.3) is 0 Å². The molecule has 92 valence electrons. The van der Waals surface area contributed by atoms with Crippen LogP contribution in [0.3, 0.4) is 0 Å². The zero-order valence-corrected chi connectivity index (χ0v) is 8.78. The van der Waals surface area contributed by atoms with Crippen LogP contribution in [0.15, 0.2) is 30.3 Å². The maximum absolute atomic E-state index is 12.6. The fraction of sp³-hybridized carbons (Fsp3) is 0.364. The van der Waals surface area contributed by atoms with Crippen molar-refractivity contribution in [3.63, 3.8) is 0 Å². The molecule has 17 heavy (non-hydrogen) atoms. The second-order valence-electron chi connectivity index (χ2n) is 3.75. The molecule has 1 aromatic carbocycles. The predicted octanol–water partition coefficient (Wildman–Crippen LogP) is 2.57. The van der Waals surface area contributed by atoms with Gasteiger partial charge >= 0.3 is 12.3 Å². The lowest BCUT2D eigenvalue weighted by molar-refractivity contribution is -0.171. The molecule has 2 rings (SSSR count). The molecule has 0 aliphatic carbocycles. The van der Waals surface area contributed by atoms with E-state index in [-0.39, 0.29) is 6.54 Å². The monoisotopic (exact) mass is 245 g/mol. The molecule has 1 unspecified atom stereocenters. The van der Waals surface area contributed by atoms with E-state index in [4.69, 9.17) is 0 Å². The largest absolute Gasteiger partial charge is 0.447 e. The normalized spacial score (nSPS) is 20.5. The standard InChI is InChI=1S/C11H10F3NO2/c12-11(13,14)9-7-17-10(16)15(9)6-8-4-2-1-3-5-8/h1-5,9H,6-7H2. The Bertz CT molecular complexity index is 405. The highest BCUT2D eigenvalue weighted by Gasteiger charge is 2.50. The van der Waals surface area contributed by atoms with Gasteiger partial charge < -0.3 is 4.74 Å². The van der Waals surface area contributed by atoms with Crippen molar-refractivity contribution in [2.45, 2.75) is 18.8 Å². The lowest BCUT2D eigenvalue weighted by atomic mass is 10.2. The minimum atomic E-state index is -4.46. The van der Waals surface area contributed by atoms with Crippen molar-refractivity contribution >= 4 is 6.09 Å². The molecule has 0 radical (unpaired) electrons. The first-order chi connectivity index (χ1) is 7.98. The summed E-state index contributed by atoms with van der Waals surface area (Å²) in [6.45, 7) is -0.723. The number of ether oxygens (including phenoxy) is 1. The van der Waals surface area contributed by atoms with Crippen LogP contribution in [0, 0.1) is 0 Å². The smallest absolute Gasteiger partial charge is 0.412 e. The first-order valence-corrected chi connectivity index (χ1v) is 5.02. The van der Waals surface area contributed by atoms with Gasteiger partial charge in [-0.2, -0.15) is 13.2 Å². The van der Waals surface area contributed by atoms with Crippen LogP contribution >= 0.6 is 0 Å². The maximum Gasteiger partial charge on any atom is 0.412 e. The van der Waals surface area contributed by atoms with Gasteiger partial charge in [0.1, 0.15) is 6.61 Å². The zero-order chi connectivity index (χ0) is 12.5. The quantitative estimate of drug-likeness (QED) is 0.801. The van der Waals surface area contributed by atoms with Crippen LogP contribution in [0.2, 0.25) is 0 Å². The summed E-state index contributed by atoms with van der Waals surface area (Å²) < 4.78 is 42.3. The fourth-order valence-corrected chi connectivity index (χ4v) is 1.68. The fourth-order valence-electron chi connectivity index (χ4n) is 1.68. The van der Waals surface area contributed by atoms with Gasteiger partial charge in [-0.1, -0.05) is 30.3 Å². The first-order valence-electron chi connectivity index (χ1n) is 5.02. The molecule has 1 saturated heterocycles. The van der Waals surface area contributed by atoms with Crippen molar-refractivity contribution < 1.29 is 22.7 Å². The Balaban J connectivity index is 2.15. The van der Waals surface area contributed by atoms with E-state index < -0.39 is 24.9 Å². The molecule has 1 aliphatic rings. The van der Waals surface area contributed by atoms with Gasteiger partial charge in [-0.3, -0.25) is 4.90 Å². The Morgan fingerprint density at radius 2 is 1.94 bits per heavy atom. The number of carbonyl (C=O) groups excluding carboxylic acids is 1. The summed E-state index contributed by atoms with van der Waals surface area (Å²) in [4.78, 5) is 11.9. The van der Waals surface area contributed by atoms with Crippen LogP contribution in [-0.4, -0.2) is 29.8 Å². The van der Waals surface area contributed by atoms with Crippen LogP contribution in [-0.2, 0) is 11.3 Å². The zero-order valence-electron chi connectivity index (χ0n) is 8.78. The van der Waals surface area contributed by atoms with E-state index in [1.807, 2.05) is 0 Å². The summed E-state index contributed by atoms with van der Waals surface area (Å²) >= 11 is 0. The summed E-state index contributed by atoms with van der Waals surface area (Å²) in [5.41, 5.74) is 0.639. The molecule has 1 aliphatic heterocycles. The number of cyclic esters (lactones) is 1. The van der Waals surface area contributed by atoms with Gasteiger partial charge in [-0.05, 0) is 5.56 Å². The number of nitrogens with zero attached hydrogens (tertiary/aromatic N) is 1. The van der Waals surface area contributed by atoms with Gasteiger partial charge in [0.15, 0.2) is 6.04 Å². The molecular formula is C11H10F3NO2. The van der Waals surface area contributed by atoms with E-state index in [2.05, 4.69) is 4.74 Å². The van der Waals surface area contributed by atoms with Gasteiger partial charge in [0.2, 0.25) is 0 Å². The van der Waals surface area contributed by atoms with Gasteiger partial charge in [-0.25, -0.2) is 4.79 Å². The number of rotatable bonds is 2. The predicted molar refractivity (Wildman–Crippen MR) is 53.2 cm³/mol. The van der Waals surface area contributed by atoms with E-state index in [1.165, 1.54) is 0 Å². The van der Waals surface area contributed by atoms with Crippen molar-refractivity contribution in [2.24, 2.45) is 0 Å². The molecule has 1 aromatic rings. The molecule has 3 nitrogen and oxygen atoms in total. The van der Waals surface area contributed by atoms with E-state index >= 15 is 0 Å². The first kappa shape index (κ1) is 11.8. The SMILES string of the molecule is O=C1OCC(C(F)(F)F)N1Cc1ccccc1. The van der Waals surface area contributed by atoms with Crippen molar-refractivity contribution in [2.75, 3.05) is 6.61 Å². The van der Waals surface area contributed by atoms with Crippen molar-refractivity contribution in [1.82, 2.24) is 4.90 Å². The summed E-state index contributed by atoms with van der Waals surface area (Å²) in [5.74, 6) is 0. The van der Waals surface area contributed by atoms with Gasteiger partial charge in [0.05, 0.1) is 0 Å². The van der Waals surface area contributed by atoms with Gasteiger partial charge in [0, 0.05) is 6.54 Å². The Labute approximate surface area is 95.8 Å². The van der Waals surface area contributed by atoms with E-state index in [1.54, 1.807) is 30.3 Å². The topological polar surface area (TPSA) is 29.5 Å². The molecular weight excluding hydrogens is 235 g/mol. The second-order valence-corrected chi connectivity index (χ2v) is 3.75. The van der Waals surface area contributed by atoms with Crippen LogP contribution < -0.4 is 0 Å². The van der Waals surface area contributed by atoms with E-state index in [0.717, 1.165) is 0 Å². The van der Waals surface area contributed by atoms with Crippen molar-refractivity contribution in [1.29, 1.82) is 0 Å². The van der Waals surface area contributed by atoms with E-state index in [0.29, 0.717) is 10.5 Å². The Morgan fingerprint density at radius 3 is 2.53 bits per heavy atom. The highest BCUT2D eigenvalue weighted by molar-refractivity contribution is 5.70. The summed E-state index contributed by atoms with van der Waals surface area (Å²) in [6, 6.07) is 6.65. The molecule has 1 amide bonds. The minimum absolute atomic E-state index is 0.0934. The highest BCUT2D eigenvalue weighted by Crippen LogP contribution is 2.30. The average Bonchev–Trinajstić information content (AvgIpc) is 2.62. The van der Waals surface area contributed by atoms with E-state index in [9.17, 15) is 18.0 Å². The van der Waals surface area contributed by atoms with Crippen LogP contribution in [0.4, 0.5) is 18.0 Å². The molecule has 1 fully saturated rings.